The summed E-state index contributed by atoms with van der Waals surface area (Å²) >= 11 is 0. The number of amides is 1. The number of hydrogen-bond acceptors (Lipinski definition) is 3. The Hall–Kier alpha value is -1.06. The van der Waals surface area contributed by atoms with Crippen LogP contribution in [0.5, 0.6) is 0 Å². The molecule has 1 saturated carbocycles. The van der Waals surface area contributed by atoms with Crippen molar-refractivity contribution in [3.8, 4) is 0 Å². The van der Waals surface area contributed by atoms with Gasteiger partial charge in [-0.1, -0.05) is 6.42 Å². The number of esters is 1. The first-order valence-corrected chi connectivity index (χ1v) is 5.66. The predicted molar refractivity (Wildman–Crippen MR) is 54.0 cm³/mol. The Labute approximate surface area is 89.6 Å². The molecule has 1 saturated heterocycles. The van der Waals surface area contributed by atoms with Crippen LogP contribution in [0.15, 0.2) is 0 Å². The monoisotopic (exact) mass is 211 g/mol. The maximum atomic E-state index is 11.8. The van der Waals surface area contributed by atoms with E-state index in [0.29, 0.717) is 12.5 Å². The van der Waals surface area contributed by atoms with Crippen LogP contribution in [-0.4, -0.2) is 36.5 Å². The first-order chi connectivity index (χ1) is 7.22. The van der Waals surface area contributed by atoms with Crippen molar-refractivity contribution in [3.63, 3.8) is 0 Å². The molecule has 1 aliphatic carbocycles. The van der Waals surface area contributed by atoms with Crippen molar-refractivity contribution in [2.45, 2.75) is 26.2 Å². The van der Waals surface area contributed by atoms with Gasteiger partial charge in [0.2, 0.25) is 5.91 Å². The Bertz CT molecular complexity index is 277. The minimum atomic E-state index is -0.286. The molecule has 0 unspecified atom stereocenters. The maximum absolute atomic E-state index is 11.8. The molecule has 0 N–H and O–H groups in total. The Morgan fingerprint density at radius 3 is 3.00 bits per heavy atom. The second-order valence-corrected chi connectivity index (χ2v) is 4.32. The lowest BCUT2D eigenvalue weighted by molar-refractivity contribution is -0.148. The highest BCUT2D eigenvalue weighted by Gasteiger charge is 2.43. The normalized spacial score (nSPS) is 29.4. The van der Waals surface area contributed by atoms with Gasteiger partial charge in [0.25, 0.3) is 0 Å². The van der Waals surface area contributed by atoms with Crippen molar-refractivity contribution < 1.29 is 14.3 Å². The Morgan fingerprint density at radius 1 is 1.53 bits per heavy atom. The van der Waals surface area contributed by atoms with Crippen molar-refractivity contribution in [1.29, 1.82) is 0 Å². The number of likely N-dealkylation sites (tertiary alicyclic amines) is 1. The Kier molecular flexibility index (Phi) is 2.93. The standard InChI is InChI=1S/C11H17NO3/c1-2-15-10(13)7-12-6-8-4-3-5-9(8)11(12)14/h8-9H,2-7H2,1H3/t8-,9-/m1/s1. The summed E-state index contributed by atoms with van der Waals surface area (Å²) in [5.74, 6) is 0.558. The van der Waals surface area contributed by atoms with Crippen LogP contribution in [0.4, 0.5) is 0 Å². The van der Waals surface area contributed by atoms with Crippen molar-refractivity contribution in [1.82, 2.24) is 4.90 Å². The van der Waals surface area contributed by atoms with E-state index in [-0.39, 0.29) is 24.3 Å². The zero-order valence-electron chi connectivity index (χ0n) is 9.07. The molecule has 2 fully saturated rings. The zero-order chi connectivity index (χ0) is 10.8. The van der Waals surface area contributed by atoms with Gasteiger partial charge >= 0.3 is 5.97 Å². The van der Waals surface area contributed by atoms with Crippen LogP contribution in [0.1, 0.15) is 26.2 Å². The van der Waals surface area contributed by atoms with Gasteiger partial charge in [-0.25, -0.2) is 0 Å². The SMILES string of the molecule is CCOC(=O)CN1C[C@H]2CCC[C@H]2C1=O. The third-order valence-corrected chi connectivity index (χ3v) is 3.37. The van der Waals surface area contributed by atoms with Gasteiger partial charge in [-0.2, -0.15) is 0 Å². The summed E-state index contributed by atoms with van der Waals surface area (Å²) in [6.07, 6.45) is 3.30. The first kappa shape index (κ1) is 10.5. The highest BCUT2D eigenvalue weighted by Crippen LogP contribution is 2.38. The first-order valence-electron chi connectivity index (χ1n) is 5.66. The van der Waals surface area contributed by atoms with Crippen LogP contribution in [0.2, 0.25) is 0 Å². The van der Waals surface area contributed by atoms with Gasteiger partial charge in [-0.05, 0) is 25.7 Å². The van der Waals surface area contributed by atoms with Gasteiger partial charge in [0.15, 0.2) is 0 Å². The summed E-state index contributed by atoms with van der Waals surface area (Å²) in [6, 6.07) is 0. The largest absolute Gasteiger partial charge is 0.465 e. The molecule has 2 rings (SSSR count). The molecule has 0 aromatic carbocycles. The van der Waals surface area contributed by atoms with E-state index in [1.54, 1.807) is 11.8 Å². The fourth-order valence-electron chi connectivity index (χ4n) is 2.69. The molecule has 2 atom stereocenters. The molecule has 1 aliphatic heterocycles. The third-order valence-electron chi connectivity index (χ3n) is 3.37. The molecule has 2 aliphatic rings. The number of nitrogens with zero attached hydrogens (tertiary/aromatic N) is 1. The van der Waals surface area contributed by atoms with Gasteiger partial charge in [0.1, 0.15) is 6.54 Å². The molecule has 0 aromatic rings. The van der Waals surface area contributed by atoms with Crippen LogP contribution in [0, 0.1) is 11.8 Å². The topological polar surface area (TPSA) is 46.6 Å². The molecule has 0 bridgehead atoms. The fourth-order valence-corrected chi connectivity index (χ4v) is 2.69. The van der Waals surface area contributed by atoms with Crippen molar-refractivity contribution >= 4 is 11.9 Å². The average molecular weight is 211 g/mol. The van der Waals surface area contributed by atoms with Crippen molar-refractivity contribution in [2.24, 2.45) is 11.8 Å². The fraction of sp³-hybridized carbons (Fsp3) is 0.818. The second kappa shape index (κ2) is 4.21. The molecular weight excluding hydrogens is 194 g/mol. The molecule has 0 spiro atoms. The van der Waals surface area contributed by atoms with E-state index in [1.165, 1.54) is 0 Å². The molecule has 84 valence electrons. The summed E-state index contributed by atoms with van der Waals surface area (Å²) in [5.41, 5.74) is 0. The summed E-state index contributed by atoms with van der Waals surface area (Å²) in [5, 5.41) is 0. The number of carbonyl (C=O) groups is 2. The highest BCUT2D eigenvalue weighted by atomic mass is 16.5. The minimum absolute atomic E-state index is 0.139. The lowest BCUT2D eigenvalue weighted by Crippen LogP contribution is -2.33. The zero-order valence-corrected chi connectivity index (χ0v) is 9.07. The molecular formula is C11H17NO3. The van der Waals surface area contributed by atoms with Gasteiger partial charge in [0, 0.05) is 12.5 Å². The summed E-state index contributed by atoms with van der Waals surface area (Å²) < 4.78 is 4.84. The molecule has 0 radical (unpaired) electrons. The van der Waals surface area contributed by atoms with E-state index in [4.69, 9.17) is 4.74 Å². The molecule has 1 amide bonds. The lowest BCUT2D eigenvalue weighted by Gasteiger charge is -2.15. The van der Waals surface area contributed by atoms with E-state index in [9.17, 15) is 9.59 Å². The van der Waals surface area contributed by atoms with E-state index in [1.807, 2.05) is 0 Å². The van der Waals surface area contributed by atoms with Crippen LogP contribution >= 0.6 is 0 Å². The van der Waals surface area contributed by atoms with Gasteiger partial charge in [-0.15, -0.1) is 0 Å². The van der Waals surface area contributed by atoms with Gasteiger partial charge < -0.3 is 9.64 Å². The lowest BCUT2D eigenvalue weighted by atomic mass is 10.0. The van der Waals surface area contributed by atoms with Gasteiger partial charge in [0.05, 0.1) is 6.61 Å². The van der Waals surface area contributed by atoms with Crippen LogP contribution in [0.3, 0.4) is 0 Å². The summed E-state index contributed by atoms with van der Waals surface area (Å²) in [4.78, 5) is 24.8. The molecule has 15 heavy (non-hydrogen) atoms. The number of fused-ring (bicyclic) bond motifs is 1. The molecule has 4 nitrogen and oxygen atoms in total. The van der Waals surface area contributed by atoms with E-state index in [0.717, 1.165) is 25.8 Å². The summed E-state index contributed by atoms with van der Waals surface area (Å²) in [6.45, 7) is 3.05. The predicted octanol–water partition coefficient (Wildman–Crippen LogP) is 0.808. The minimum Gasteiger partial charge on any atom is -0.465 e. The number of carbonyl (C=O) groups excluding carboxylic acids is 2. The summed E-state index contributed by atoms with van der Waals surface area (Å²) in [7, 11) is 0. The highest BCUT2D eigenvalue weighted by molar-refractivity contribution is 5.85. The number of hydrogen-bond donors (Lipinski definition) is 0. The quantitative estimate of drug-likeness (QED) is 0.649. The second-order valence-electron chi connectivity index (χ2n) is 4.32. The average Bonchev–Trinajstić information content (AvgIpc) is 2.72. The third kappa shape index (κ3) is 1.98. The Balaban J connectivity index is 1.90. The molecule has 1 heterocycles. The van der Waals surface area contributed by atoms with E-state index < -0.39 is 0 Å². The molecule has 0 aromatic heterocycles. The maximum Gasteiger partial charge on any atom is 0.325 e. The van der Waals surface area contributed by atoms with E-state index in [2.05, 4.69) is 0 Å². The van der Waals surface area contributed by atoms with Crippen LogP contribution < -0.4 is 0 Å². The van der Waals surface area contributed by atoms with Gasteiger partial charge in [-0.3, -0.25) is 9.59 Å². The number of ether oxygens (including phenoxy) is 1. The number of rotatable bonds is 3. The smallest absolute Gasteiger partial charge is 0.325 e. The Morgan fingerprint density at radius 2 is 2.33 bits per heavy atom. The van der Waals surface area contributed by atoms with E-state index >= 15 is 0 Å². The van der Waals surface area contributed by atoms with Crippen molar-refractivity contribution in [3.05, 3.63) is 0 Å². The van der Waals surface area contributed by atoms with Crippen LogP contribution in [0.25, 0.3) is 0 Å². The van der Waals surface area contributed by atoms with Crippen molar-refractivity contribution in [2.75, 3.05) is 19.7 Å². The van der Waals surface area contributed by atoms with Crippen LogP contribution in [-0.2, 0) is 14.3 Å². The molecule has 4 heteroatoms.